The summed E-state index contributed by atoms with van der Waals surface area (Å²) in [7, 11) is 0. The zero-order valence-corrected chi connectivity index (χ0v) is 11.9. The van der Waals surface area contributed by atoms with Crippen molar-refractivity contribution < 1.29 is 29.6 Å². The number of carboxylic acids is 2. The molecule has 0 saturated heterocycles. The Labute approximate surface area is 123 Å². The normalized spacial score (nSPS) is 13.4. The molecule has 3 N–H and O–H groups in total. The smallest absolute Gasteiger partial charge is 0.333 e. The lowest BCUT2D eigenvalue weighted by Crippen LogP contribution is -2.34. The van der Waals surface area contributed by atoms with Gasteiger partial charge in [0, 0.05) is 0 Å². The van der Waals surface area contributed by atoms with Gasteiger partial charge in [-0.2, -0.15) is 0 Å². The quantitative estimate of drug-likeness (QED) is 0.638. The van der Waals surface area contributed by atoms with Crippen molar-refractivity contribution in [1.29, 1.82) is 0 Å². The lowest BCUT2D eigenvalue weighted by atomic mass is 9.94. The van der Waals surface area contributed by atoms with Crippen molar-refractivity contribution in [3.05, 3.63) is 29.8 Å². The van der Waals surface area contributed by atoms with Gasteiger partial charge in [-0.05, 0) is 43.9 Å². The molecule has 0 unspecified atom stereocenters. The fourth-order valence-electron chi connectivity index (χ4n) is 2.03. The average Bonchev–Trinajstić information content (AvgIpc) is 2.44. The van der Waals surface area contributed by atoms with Gasteiger partial charge in [0.05, 0.1) is 12.5 Å². The van der Waals surface area contributed by atoms with Crippen LogP contribution in [0.15, 0.2) is 24.3 Å². The monoisotopic (exact) mass is 296 g/mol. The van der Waals surface area contributed by atoms with Crippen LogP contribution in [0.25, 0.3) is 0 Å². The molecule has 0 heterocycles. The third-order valence-electron chi connectivity index (χ3n) is 3.17. The number of aliphatic hydroxyl groups excluding tert-OH is 1. The Morgan fingerprint density at radius 1 is 1.14 bits per heavy atom. The first-order valence-electron chi connectivity index (χ1n) is 6.81. The second-order valence-corrected chi connectivity index (χ2v) is 4.70. The molecule has 2 atom stereocenters. The Hall–Kier alpha value is -2.08. The van der Waals surface area contributed by atoms with Crippen LogP contribution in [-0.2, 0) is 16.0 Å². The van der Waals surface area contributed by atoms with E-state index in [0.717, 1.165) is 11.3 Å². The molecular weight excluding hydrogens is 276 g/mol. The van der Waals surface area contributed by atoms with Crippen LogP contribution in [0.3, 0.4) is 0 Å². The van der Waals surface area contributed by atoms with Crippen LogP contribution in [0.2, 0.25) is 0 Å². The summed E-state index contributed by atoms with van der Waals surface area (Å²) < 4.78 is 5.32. The molecule has 0 radical (unpaired) electrons. The number of aryl methyl sites for hydroxylation is 1. The molecule has 0 saturated carbocycles. The first kappa shape index (κ1) is 17.0. The molecule has 0 aliphatic rings. The van der Waals surface area contributed by atoms with Crippen molar-refractivity contribution in [2.24, 2.45) is 5.92 Å². The number of carboxylic acid groups (broad SMARTS) is 2. The maximum absolute atomic E-state index is 11.0. The fourth-order valence-corrected chi connectivity index (χ4v) is 2.03. The van der Waals surface area contributed by atoms with Crippen LogP contribution in [0.1, 0.15) is 25.3 Å². The zero-order valence-electron chi connectivity index (χ0n) is 11.9. The maximum Gasteiger partial charge on any atom is 0.333 e. The molecule has 6 heteroatoms. The summed E-state index contributed by atoms with van der Waals surface area (Å²) in [6, 6.07) is 7.43. The lowest BCUT2D eigenvalue weighted by Gasteiger charge is -2.15. The molecule has 0 bridgehead atoms. The number of aliphatic carboxylic acids is 2. The topological polar surface area (TPSA) is 104 Å². The number of ether oxygens (including phenoxy) is 1. The highest BCUT2D eigenvalue weighted by Crippen LogP contribution is 2.17. The van der Waals surface area contributed by atoms with Gasteiger partial charge in [0.25, 0.3) is 0 Å². The van der Waals surface area contributed by atoms with E-state index in [9.17, 15) is 14.7 Å². The van der Waals surface area contributed by atoms with Gasteiger partial charge in [-0.15, -0.1) is 0 Å². The molecule has 0 spiro atoms. The number of hydrogen-bond donors (Lipinski definition) is 3. The van der Waals surface area contributed by atoms with E-state index in [1.54, 1.807) is 0 Å². The molecule has 0 fully saturated rings. The first-order chi connectivity index (χ1) is 9.95. The summed E-state index contributed by atoms with van der Waals surface area (Å²) in [5.74, 6) is -3.32. The Morgan fingerprint density at radius 3 is 2.24 bits per heavy atom. The van der Waals surface area contributed by atoms with Gasteiger partial charge in [0.15, 0.2) is 6.10 Å². The molecule has 0 aliphatic heterocycles. The van der Waals surface area contributed by atoms with Crippen LogP contribution in [0, 0.1) is 5.92 Å². The van der Waals surface area contributed by atoms with E-state index in [4.69, 9.17) is 14.9 Å². The molecule has 1 aromatic carbocycles. The maximum atomic E-state index is 11.0. The summed E-state index contributed by atoms with van der Waals surface area (Å²) >= 11 is 0. The van der Waals surface area contributed by atoms with Crippen LogP contribution >= 0.6 is 0 Å². The van der Waals surface area contributed by atoms with E-state index in [1.807, 2.05) is 31.2 Å². The second-order valence-electron chi connectivity index (χ2n) is 4.70. The molecule has 6 nitrogen and oxygen atoms in total. The van der Waals surface area contributed by atoms with Crippen LogP contribution < -0.4 is 4.74 Å². The van der Waals surface area contributed by atoms with Crippen molar-refractivity contribution in [2.45, 2.75) is 32.3 Å². The summed E-state index contributed by atoms with van der Waals surface area (Å²) in [4.78, 5) is 21.6. The average molecular weight is 296 g/mol. The minimum Gasteiger partial charge on any atom is -0.494 e. The number of hydrogen-bond acceptors (Lipinski definition) is 4. The van der Waals surface area contributed by atoms with Gasteiger partial charge in [0.2, 0.25) is 0 Å². The van der Waals surface area contributed by atoms with Crippen LogP contribution in [-0.4, -0.2) is 40.0 Å². The Balaban J connectivity index is 2.50. The number of benzene rings is 1. The third kappa shape index (κ3) is 5.43. The van der Waals surface area contributed by atoms with Crippen molar-refractivity contribution in [3.8, 4) is 5.75 Å². The number of aliphatic hydroxyl groups is 1. The molecular formula is C15H20O6. The Bertz CT molecular complexity index is 468. The van der Waals surface area contributed by atoms with Gasteiger partial charge < -0.3 is 20.1 Å². The van der Waals surface area contributed by atoms with Crippen LogP contribution in [0.4, 0.5) is 0 Å². The van der Waals surface area contributed by atoms with Gasteiger partial charge in [-0.3, -0.25) is 4.79 Å². The van der Waals surface area contributed by atoms with Gasteiger partial charge in [0.1, 0.15) is 5.75 Å². The van der Waals surface area contributed by atoms with E-state index < -0.39 is 24.0 Å². The van der Waals surface area contributed by atoms with E-state index >= 15 is 0 Å². The molecule has 1 rings (SSSR count). The third-order valence-corrected chi connectivity index (χ3v) is 3.17. The van der Waals surface area contributed by atoms with Crippen molar-refractivity contribution in [3.63, 3.8) is 0 Å². The standard InChI is InChI=1S/C15H20O6/c1-2-21-11-8-6-10(7-9-11)4-3-5-12(14(17)18)13(16)15(19)20/h6-9,12-13,16H,2-5H2,1H3,(H,17,18)(H,19,20)/t12-,13+/m1/s1. The largest absolute Gasteiger partial charge is 0.494 e. The molecule has 1 aromatic rings. The van der Waals surface area contributed by atoms with Gasteiger partial charge in [-0.25, -0.2) is 4.79 Å². The SMILES string of the molecule is CCOc1ccc(CCC[C@@H](C(=O)O)[C@H](O)C(=O)O)cc1. The lowest BCUT2D eigenvalue weighted by molar-refractivity contribution is -0.159. The van der Waals surface area contributed by atoms with E-state index in [-0.39, 0.29) is 6.42 Å². The van der Waals surface area contributed by atoms with Crippen molar-refractivity contribution in [1.82, 2.24) is 0 Å². The zero-order chi connectivity index (χ0) is 15.8. The van der Waals surface area contributed by atoms with E-state index in [2.05, 4.69) is 0 Å². The highest BCUT2D eigenvalue weighted by atomic mass is 16.5. The summed E-state index contributed by atoms with van der Waals surface area (Å²) in [6.07, 6.45) is -0.670. The molecule has 0 aliphatic carbocycles. The molecule has 0 amide bonds. The summed E-state index contributed by atoms with van der Waals surface area (Å²) in [5, 5.41) is 27.0. The first-order valence-corrected chi connectivity index (χ1v) is 6.81. The predicted molar refractivity (Wildman–Crippen MR) is 75.3 cm³/mol. The van der Waals surface area contributed by atoms with E-state index in [1.165, 1.54) is 0 Å². The minimum atomic E-state index is -1.87. The molecule has 0 aromatic heterocycles. The minimum absolute atomic E-state index is 0.107. The predicted octanol–water partition coefficient (Wildman–Crippen LogP) is 1.55. The fraction of sp³-hybridized carbons (Fsp3) is 0.467. The summed E-state index contributed by atoms with van der Waals surface area (Å²) in [6.45, 7) is 2.49. The molecule has 21 heavy (non-hydrogen) atoms. The molecule has 116 valence electrons. The van der Waals surface area contributed by atoms with Crippen molar-refractivity contribution in [2.75, 3.05) is 6.61 Å². The highest BCUT2D eigenvalue weighted by molar-refractivity contribution is 5.81. The Morgan fingerprint density at radius 2 is 1.76 bits per heavy atom. The van der Waals surface area contributed by atoms with Gasteiger partial charge in [-0.1, -0.05) is 12.1 Å². The van der Waals surface area contributed by atoms with Crippen LogP contribution in [0.5, 0.6) is 5.75 Å². The summed E-state index contributed by atoms with van der Waals surface area (Å²) in [5.41, 5.74) is 1.01. The number of rotatable bonds is 9. The van der Waals surface area contributed by atoms with Crippen molar-refractivity contribution >= 4 is 11.9 Å². The highest BCUT2D eigenvalue weighted by Gasteiger charge is 2.31. The van der Waals surface area contributed by atoms with E-state index in [0.29, 0.717) is 19.4 Å². The number of carbonyl (C=O) groups is 2. The van der Waals surface area contributed by atoms with Gasteiger partial charge >= 0.3 is 11.9 Å². The Kier molecular flexibility index (Phi) is 6.68. The second kappa shape index (κ2) is 8.26.